The number of carbonyl (C=O) groups excluding carboxylic acids is 1. The van der Waals surface area contributed by atoms with Gasteiger partial charge in [-0.05, 0) is 24.3 Å². The molecule has 1 aromatic heterocycles. The average Bonchev–Trinajstić information content (AvgIpc) is 3.27. The van der Waals surface area contributed by atoms with E-state index in [2.05, 4.69) is 5.10 Å². The van der Waals surface area contributed by atoms with E-state index in [1.807, 2.05) is 35.2 Å². The lowest BCUT2D eigenvalue weighted by Crippen LogP contribution is -2.36. The van der Waals surface area contributed by atoms with E-state index in [-0.39, 0.29) is 17.9 Å². The fourth-order valence-electron chi connectivity index (χ4n) is 3.26. The van der Waals surface area contributed by atoms with Crippen LogP contribution >= 0.6 is 0 Å². The van der Waals surface area contributed by atoms with Gasteiger partial charge in [-0.1, -0.05) is 18.2 Å². The molecule has 1 aliphatic rings. The molecule has 0 unspecified atom stereocenters. The molecule has 0 N–H and O–H groups in total. The first-order chi connectivity index (χ1) is 14.6. The molecule has 30 heavy (non-hydrogen) atoms. The Morgan fingerprint density at radius 2 is 1.93 bits per heavy atom. The van der Waals surface area contributed by atoms with Crippen molar-refractivity contribution >= 4 is 17.3 Å². The van der Waals surface area contributed by atoms with Crippen LogP contribution in [0.2, 0.25) is 0 Å². The van der Waals surface area contributed by atoms with E-state index in [1.165, 1.54) is 6.07 Å². The lowest BCUT2D eigenvalue weighted by atomic mass is 10.1. The van der Waals surface area contributed by atoms with Gasteiger partial charge in [-0.2, -0.15) is 5.10 Å². The third kappa shape index (κ3) is 4.31. The van der Waals surface area contributed by atoms with Gasteiger partial charge in [0, 0.05) is 30.9 Å². The van der Waals surface area contributed by atoms with Crippen LogP contribution in [-0.2, 0) is 16.1 Å². The molecular weight excluding hydrogens is 388 g/mol. The highest BCUT2D eigenvalue weighted by atomic mass is 16.6. The molecule has 9 heteroatoms. The Morgan fingerprint density at radius 3 is 2.67 bits per heavy atom. The number of nitro benzene ring substituents is 1. The first-order valence-corrected chi connectivity index (χ1v) is 9.49. The minimum atomic E-state index is -0.626. The van der Waals surface area contributed by atoms with Gasteiger partial charge in [-0.15, -0.1) is 0 Å². The molecule has 0 saturated carbocycles. The van der Waals surface area contributed by atoms with Crippen LogP contribution in [0.4, 0.5) is 11.4 Å². The second-order valence-corrected chi connectivity index (χ2v) is 6.76. The van der Waals surface area contributed by atoms with Crippen molar-refractivity contribution in [1.82, 2.24) is 9.78 Å². The van der Waals surface area contributed by atoms with Gasteiger partial charge in [-0.3, -0.25) is 10.1 Å². The Bertz CT molecular complexity index is 1040. The van der Waals surface area contributed by atoms with E-state index in [4.69, 9.17) is 9.47 Å². The Hall–Kier alpha value is -3.72. The number of para-hydroxylation sites is 1. The summed E-state index contributed by atoms with van der Waals surface area (Å²) in [6.07, 6.45) is 3.39. The molecule has 0 bridgehead atoms. The van der Waals surface area contributed by atoms with Crippen LogP contribution in [0.3, 0.4) is 0 Å². The van der Waals surface area contributed by atoms with Crippen LogP contribution in [0.15, 0.2) is 60.9 Å². The highest BCUT2D eigenvalue weighted by molar-refractivity contribution is 5.91. The standard InChI is InChI=1S/C21H20N4O5/c26-21(30-15-16-13-22-24(14-16)18-4-2-1-3-5-18)17-6-7-19(20(12-17)25(27)28)23-8-10-29-11-9-23/h1-7,12-14H,8-11,15H2. The zero-order chi connectivity index (χ0) is 20.9. The van der Waals surface area contributed by atoms with Gasteiger partial charge in [0.1, 0.15) is 12.3 Å². The van der Waals surface area contributed by atoms with Crippen molar-refractivity contribution < 1.29 is 19.2 Å². The van der Waals surface area contributed by atoms with Crippen molar-refractivity contribution in [3.05, 3.63) is 82.2 Å². The van der Waals surface area contributed by atoms with E-state index in [0.717, 1.165) is 5.69 Å². The number of hydrogen-bond donors (Lipinski definition) is 0. The number of benzene rings is 2. The highest BCUT2D eigenvalue weighted by Gasteiger charge is 2.23. The fraction of sp³-hybridized carbons (Fsp3) is 0.238. The number of anilines is 1. The largest absolute Gasteiger partial charge is 0.457 e. The molecule has 0 aliphatic carbocycles. The van der Waals surface area contributed by atoms with Gasteiger partial charge < -0.3 is 14.4 Å². The molecule has 3 aromatic rings. The summed E-state index contributed by atoms with van der Waals surface area (Å²) in [4.78, 5) is 25.4. The number of ether oxygens (including phenoxy) is 2. The quantitative estimate of drug-likeness (QED) is 0.351. The first kappa shape index (κ1) is 19.6. The monoisotopic (exact) mass is 408 g/mol. The number of nitro groups is 1. The van der Waals surface area contributed by atoms with Crippen LogP contribution in [0.1, 0.15) is 15.9 Å². The summed E-state index contributed by atoms with van der Waals surface area (Å²) in [5, 5.41) is 15.8. The van der Waals surface area contributed by atoms with Gasteiger partial charge in [0.25, 0.3) is 5.69 Å². The Balaban J connectivity index is 1.45. The third-order valence-corrected chi connectivity index (χ3v) is 4.79. The molecule has 154 valence electrons. The van der Waals surface area contributed by atoms with Crippen LogP contribution < -0.4 is 4.90 Å². The zero-order valence-electron chi connectivity index (χ0n) is 16.1. The van der Waals surface area contributed by atoms with Gasteiger partial charge in [0.2, 0.25) is 0 Å². The van der Waals surface area contributed by atoms with Crippen molar-refractivity contribution in [3.63, 3.8) is 0 Å². The van der Waals surface area contributed by atoms with Crippen molar-refractivity contribution in [2.75, 3.05) is 31.2 Å². The van der Waals surface area contributed by atoms with Gasteiger partial charge in [0.05, 0.1) is 35.6 Å². The van der Waals surface area contributed by atoms with Crippen LogP contribution in [0.5, 0.6) is 0 Å². The number of hydrogen-bond acceptors (Lipinski definition) is 7. The minimum absolute atomic E-state index is 0.0185. The van der Waals surface area contributed by atoms with Crippen molar-refractivity contribution in [1.29, 1.82) is 0 Å². The van der Waals surface area contributed by atoms with E-state index in [0.29, 0.717) is 37.6 Å². The highest BCUT2D eigenvalue weighted by Crippen LogP contribution is 2.30. The van der Waals surface area contributed by atoms with E-state index >= 15 is 0 Å². The molecule has 1 aliphatic heterocycles. The number of rotatable bonds is 6. The molecule has 2 heterocycles. The van der Waals surface area contributed by atoms with E-state index in [1.54, 1.807) is 29.2 Å². The first-order valence-electron chi connectivity index (χ1n) is 9.49. The lowest BCUT2D eigenvalue weighted by molar-refractivity contribution is -0.384. The van der Waals surface area contributed by atoms with Gasteiger partial charge in [0.15, 0.2) is 0 Å². The molecule has 0 atom stereocenters. The SMILES string of the molecule is O=C(OCc1cnn(-c2ccccc2)c1)c1ccc(N2CCOCC2)c([N+](=O)[O-])c1. The molecule has 1 fully saturated rings. The molecule has 2 aromatic carbocycles. The summed E-state index contributed by atoms with van der Waals surface area (Å²) in [5.74, 6) is -0.626. The van der Waals surface area contributed by atoms with E-state index < -0.39 is 10.9 Å². The predicted octanol–water partition coefficient (Wildman–Crippen LogP) is 2.97. The average molecular weight is 408 g/mol. The summed E-state index contributed by atoms with van der Waals surface area (Å²) >= 11 is 0. The molecule has 0 amide bonds. The van der Waals surface area contributed by atoms with Crippen LogP contribution in [-0.4, -0.2) is 47.0 Å². The summed E-state index contributed by atoms with van der Waals surface area (Å²) in [6, 6.07) is 14.0. The molecular formula is C21H20N4O5. The smallest absolute Gasteiger partial charge is 0.338 e. The Labute approximate surface area is 172 Å². The van der Waals surface area contributed by atoms with E-state index in [9.17, 15) is 14.9 Å². The summed E-state index contributed by atoms with van der Waals surface area (Å²) in [7, 11) is 0. The topological polar surface area (TPSA) is 99.7 Å². The second kappa shape index (κ2) is 8.75. The molecule has 1 saturated heterocycles. The summed E-state index contributed by atoms with van der Waals surface area (Å²) < 4.78 is 12.3. The van der Waals surface area contributed by atoms with Gasteiger partial charge in [-0.25, -0.2) is 9.48 Å². The second-order valence-electron chi connectivity index (χ2n) is 6.76. The fourth-order valence-corrected chi connectivity index (χ4v) is 3.26. The zero-order valence-corrected chi connectivity index (χ0v) is 16.1. The maximum absolute atomic E-state index is 12.5. The predicted molar refractivity (Wildman–Crippen MR) is 109 cm³/mol. The molecule has 9 nitrogen and oxygen atoms in total. The lowest BCUT2D eigenvalue weighted by Gasteiger charge is -2.28. The third-order valence-electron chi connectivity index (χ3n) is 4.79. The van der Waals surface area contributed by atoms with Crippen molar-refractivity contribution in [3.8, 4) is 5.69 Å². The number of morpholine rings is 1. The van der Waals surface area contributed by atoms with Gasteiger partial charge >= 0.3 is 5.97 Å². The maximum atomic E-state index is 12.5. The Morgan fingerprint density at radius 1 is 1.17 bits per heavy atom. The Kier molecular flexibility index (Phi) is 5.71. The summed E-state index contributed by atoms with van der Waals surface area (Å²) in [5.41, 5.74) is 2.09. The van der Waals surface area contributed by atoms with Crippen molar-refractivity contribution in [2.45, 2.75) is 6.61 Å². The molecule has 4 rings (SSSR count). The van der Waals surface area contributed by atoms with Crippen LogP contribution in [0, 0.1) is 10.1 Å². The van der Waals surface area contributed by atoms with Crippen LogP contribution in [0.25, 0.3) is 5.69 Å². The number of nitrogens with zero attached hydrogens (tertiary/aromatic N) is 4. The number of esters is 1. The maximum Gasteiger partial charge on any atom is 0.338 e. The molecule has 0 radical (unpaired) electrons. The minimum Gasteiger partial charge on any atom is -0.457 e. The molecule has 0 spiro atoms. The summed E-state index contributed by atoms with van der Waals surface area (Å²) in [6.45, 7) is 2.17. The number of aromatic nitrogens is 2. The van der Waals surface area contributed by atoms with Crippen molar-refractivity contribution in [2.24, 2.45) is 0 Å². The number of carbonyl (C=O) groups is 1. The normalized spacial score (nSPS) is 13.8.